The van der Waals surface area contributed by atoms with Crippen molar-refractivity contribution in [1.29, 1.82) is 0 Å². The Morgan fingerprint density at radius 2 is 2.14 bits per heavy atom. The SMILES string of the molecule is CNc1cc(F)cc2c1Cc1nc(Oc3ccc(C)nc3)nc(N3CC(N)C(C(=O)NCC(C)O)C3)c1-2. The quantitative estimate of drug-likeness (QED) is 0.296. The number of hydrogen-bond acceptors (Lipinski definition) is 9. The fraction of sp³-hybridized carbons (Fsp3) is 0.385. The Bertz CT molecular complexity index is 1330. The summed E-state index contributed by atoms with van der Waals surface area (Å²) in [6.07, 6.45) is 1.41. The Hall–Kier alpha value is -3.83. The Kier molecular flexibility index (Phi) is 6.65. The summed E-state index contributed by atoms with van der Waals surface area (Å²) in [6, 6.07) is 6.25. The summed E-state index contributed by atoms with van der Waals surface area (Å²) in [5.74, 6) is -0.0827. The zero-order chi connectivity index (χ0) is 26.3. The molecule has 1 fully saturated rings. The van der Waals surface area contributed by atoms with E-state index in [2.05, 4.69) is 20.6 Å². The van der Waals surface area contributed by atoms with Gasteiger partial charge in [-0.25, -0.2) is 4.39 Å². The maximum atomic E-state index is 14.6. The summed E-state index contributed by atoms with van der Waals surface area (Å²) < 4.78 is 20.5. The maximum absolute atomic E-state index is 14.6. The fourth-order valence-corrected chi connectivity index (χ4v) is 4.87. The number of pyridine rings is 1. The molecule has 194 valence electrons. The van der Waals surface area contributed by atoms with Gasteiger partial charge in [0.05, 0.1) is 23.9 Å². The molecule has 1 aromatic carbocycles. The number of carbonyl (C=O) groups excluding carboxylic acids is 1. The molecule has 0 bridgehead atoms. The Labute approximate surface area is 214 Å². The van der Waals surface area contributed by atoms with E-state index in [9.17, 15) is 14.3 Å². The number of ether oxygens (including phenoxy) is 1. The van der Waals surface area contributed by atoms with E-state index in [-0.39, 0.29) is 24.3 Å². The van der Waals surface area contributed by atoms with Crippen molar-refractivity contribution < 1.29 is 19.0 Å². The van der Waals surface area contributed by atoms with Crippen LogP contribution in [0, 0.1) is 18.7 Å². The number of aromatic nitrogens is 3. The molecule has 5 rings (SSSR count). The van der Waals surface area contributed by atoms with E-state index in [0.29, 0.717) is 53.6 Å². The van der Waals surface area contributed by atoms with E-state index in [0.717, 1.165) is 11.3 Å². The van der Waals surface area contributed by atoms with Gasteiger partial charge in [0.25, 0.3) is 0 Å². The first-order valence-electron chi connectivity index (χ1n) is 12.2. The van der Waals surface area contributed by atoms with Crippen molar-refractivity contribution in [1.82, 2.24) is 20.3 Å². The highest BCUT2D eigenvalue weighted by Gasteiger charge is 2.39. The summed E-state index contributed by atoms with van der Waals surface area (Å²) in [5.41, 5.74) is 10.9. The lowest BCUT2D eigenvalue weighted by Gasteiger charge is -2.21. The first-order chi connectivity index (χ1) is 17.7. The molecule has 3 atom stereocenters. The smallest absolute Gasteiger partial charge is 0.324 e. The molecule has 3 aromatic rings. The number of nitrogens with two attached hydrogens (primary N) is 1. The van der Waals surface area contributed by atoms with E-state index in [1.165, 1.54) is 12.1 Å². The number of benzene rings is 1. The summed E-state index contributed by atoms with van der Waals surface area (Å²) in [4.78, 5) is 28.4. The van der Waals surface area contributed by atoms with Gasteiger partial charge in [0.15, 0.2) is 0 Å². The molecule has 0 spiro atoms. The average molecular weight is 508 g/mol. The van der Waals surface area contributed by atoms with Crippen LogP contribution < -0.4 is 26.0 Å². The third-order valence-electron chi connectivity index (χ3n) is 6.71. The molecule has 0 radical (unpaired) electrons. The molecule has 2 aliphatic rings. The van der Waals surface area contributed by atoms with Crippen LogP contribution in [0.15, 0.2) is 30.5 Å². The molecule has 11 heteroatoms. The number of anilines is 2. The lowest BCUT2D eigenvalue weighted by Crippen LogP contribution is -2.42. The minimum atomic E-state index is -0.661. The number of nitrogens with one attached hydrogen (secondary N) is 2. The molecule has 1 aliphatic carbocycles. The van der Waals surface area contributed by atoms with Crippen LogP contribution in [0.25, 0.3) is 11.1 Å². The number of fused-ring (bicyclic) bond motifs is 3. The highest BCUT2D eigenvalue weighted by molar-refractivity contribution is 5.89. The van der Waals surface area contributed by atoms with Crippen LogP contribution in [0.5, 0.6) is 11.8 Å². The summed E-state index contributed by atoms with van der Waals surface area (Å²) in [5, 5.41) is 15.4. The molecule has 10 nitrogen and oxygen atoms in total. The topological polar surface area (TPSA) is 139 Å². The number of nitrogens with zero attached hydrogens (tertiary/aromatic N) is 4. The Morgan fingerprint density at radius 3 is 2.84 bits per heavy atom. The monoisotopic (exact) mass is 507 g/mol. The second kappa shape index (κ2) is 9.91. The molecule has 1 saturated heterocycles. The average Bonchev–Trinajstić information content (AvgIpc) is 3.43. The van der Waals surface area contributed by atoms with Gasteiger partial charge in [-0.05, 0) is 49.2 Å². The van der Waals surface area contributed by atoms with Crippen molar-refractivity contribution in [3.05, 3.63) is 53.2 Å². The van der Waals surface area contributed by atoms with Gasteiger partial charge < -0.3 is 31.1 Å². The standard InChI is InChI=1S/C26H30FN7O3/c1-13-4-5-16(10-30-13)37-26-32-22-8-17-18(6-15(27)7-21(17)29-3)23(22)24(33-26)34-11-19(20(28)12-34)25(36)31-9-14(2)35/h4-7,10,14,19-20,29,35H,8-9,11-12,28H2,1-3H3,(H,31,36). The van der Waals surface area contributed by atoms with Gasteiger partial charge in [-0.1, -0.05) is 0 Å². The van der Waals surface area contributed by atoms with E-state index < -0.39 is 18.1 Å². The zero-order valence-corrected chi connectivity index (χ0v) is 21.0. The fourth-order valence-electron chi connectivity index (χ4n) is 4.87. The second-order valence-electron chi connectivity index (χ2n) is 9.56. The first kappa shape index (κ1) is 24.8. The molecule has 0 saturated carbocycles. The minimum absolute atomic E-state index is 0.134. The number of carbonyl (C=O) groups is 1. The van der Waals surface area contributed by atoms with Crippen molar-refractivity contribution >= 4 is 17.4 Å². The number of aliphatic hydroxyl groups is 1. The predicted octanol–water partition coefficient (Wildman–Crippen LogP) is 1.98. The van der Waals surface area contributed by atoms with Crippen molar-refractivity contribution in [3.63, 3.8) is 0 Å². The number of aliphatic hydroxyl groups excluding tert-OH is 1. The van der Waals surface area contributed by atoms with E-state index in [1.807, 2.05) is 17.9 Å². The van der Waals surface area contributed by atoms with Crippen molar-refractivity contribution in [2.24, 2.45) is 11.7 Å². The van der Waals surface area contributed by atoms with Gasteiger partial charge in [0.1, 0.15) is 17.4 Å². The summed E-state index contributed by atoms with van der Waals surface area (Å²) in [6.45, 7) is 4.31. The Balaban J connectivity index is 1.54. The van der Waals surface area contributed by atoms with Gasteiger partial charge >= 0.3 is 6.01 Å². The molecule has 5 N–H and O–H groups in total. The first-order valence-corrected chi connectivity index (χ1v) is 12.2. The minimum Gasteiger partial charge on any atom is -0.423 e. The zero-order valence-electron chi connectivity index (χ0n) is 21.0. The number of hydrogen-bond donors (Lipinski definition) is 4. The van der Waals surface area contributed by atoms with Crippen LogP contribution in [0.1, 0.15) is 23.9 Å². The van der Waals surface area contributed by atoms with Gasteiger partial charge in [0, 0.05) is 56.1 Å². The molecule has 1 aliphatic heterocycles. The number of amides is 1. The molecule has 2 aromatic heterocycles. The highest BCUT2D eigenvalue weighted by atomic mass is 19.1. The Morgan fingerprint density at radius 1 is 1.32 bits per heavy atom. The number of aryl methyl sites for hydroxylation is 1. The molecular formula is C26H30FN7O3. The van der Waals surface area contributed by atoms with Gasteiger partial charge in [-0.2, -0.15) is 9.97 Å². The molecule has 1 amide bonds. The summed E-state index contributed by atoms with van der Waals surface area (Å²) >= 11 is 0. The van der Waals surface area contributed by atoms with Crippen LogP contribution in [-0.4, -0.2) is 64.8 Å². The van der Waals surface area contributed by atoms with E-state index in [1.54, 1.807) is 26.2 Å². The normalized spacial score (nSPS) is 18.8. The van der Waals surface area contributed by atoms with Crippen LogP contribution in [-0.2, 0) is 11.2 Å². The van der Waals surface area contributed by atoms with E-state index in [4.69, 9.17) is 15.5 Å². The van der Waals surface area contributed by atoms with Crippen LogP contribution >= 0.6 is 0 Å². The van der Waals surface area contributed by atoms with Crippen LogP contribution in [0.3, 0.4) is 0 Å². The molecule has 3 unspecified atom stereocenters. The lowest BCUT2D eigenvalue weighted by molar-refractivity contribution is -0.125. The maximum Gasteiger partial charge on any atom is 0.324 e. The largest absolute Gasteiger partial charge is 0.423 e. The van der Waals surface area contributed by atoms with Crippen molar-refractivity contribution in [3.8, 4) is 22.9 Å². The molecule has 37 heavy (non-hydrogen) atoms. The summed E-state index contributed by atoms with van der Waals surface area (Å²) in [7, 11) is 1.75. The third kappa shape index (κ3) is 4.92. The van der Waals surface area contributed by atoms with Crippen LogP contribution in [0.4, 0.5) is 15.9 Å². The molecular weight excluding hydrogens is 477 g/mol. The van der Waals surface area contributed by atoms with Crippen molar-refractivity contribution in [2.45, 2.75) is 32.4 Å². The van der Waals surface area contributed by atoms with Gasteiger partial charge in [-0.3, -0.25) is 9.78 Å². The third-order valence-corrected chi connectivity index (χ3v) is 6.71. The van der Waals surface area contributed by atoms with Crippen LogP contribution in [0.2, 0.25) is 0 Å². The number of rotatable bonds is 7. The highest BCUT2D eigenvalue weighted by Crippen LogP contribution is 2.46. The van der Waals surface area contributed by atoms with Gasteiger partial charge in [0.2, 0.25) is 5.91 Å². The lowest BCUT2D eigenvalue weighted by atomic mass is 10.0. The second-order valence-corrected chi connectivity index (χ2v) is 9.56. The van der Waals surface area contributed by atoms with E-state index >= 15 is 0 Å². The predicted molar refractivity (Wildman–Crippen MR) is 137 cm³/mol. The number of halogens is 1. The van der Waals surface area contributed by atoms with Crippen molar-refractivity contribution in [2.75, 3.05) is 36.9 Å². The molecule has 3 heterocycles. The van der Waals surface area contributed by atoms with Gasteiger partial charge in [-0.15, -0.1) is 0 Å².